The van der Waals surface area contributed by atoms with E-state index >= 15 is 0 Å². The Bertz CT molecular complexity index is 952. The third kappa shape index (κ3) is 4.34. The maximum absolute atomic E-state index is 14.2. The average Bonchev–Trinajstić information content (AvgIpc) is 3.23. The number of aromatic nitrogens is 4. The van der Waals surface area contributed by atoms with E-state index in [1.54, 1.807) is 13.2 Å². The quantitative estimate of drug-likeness (QED) is 0.634. The number of anilines is 1. The maximum Gasteiger partial charge on any atom is 0.214 e. The summed E-state index contributed by atoms with van der Waals surface area (Å²) in [6.45, 7) is 6.52. The zero-order chi connectivity index (χ0) is 20.9. The first kappa shape index (κ1) is 20.4. The summed E-state index contributed by atoms with van der Waals surface area (Å²) in [6.07, 6.45) is 0. The van der Waals surface area contributed by atoms with E-state index in [1.165, 1.54) is 22.1 Å². The third-order valence-corrected chi connectivity index (χ3v) is 5.74. The topological polar surface area (TPSA) is 60.5 Å². The fourth-order valence-electron chi connectivity index (χ4n) is 4.11. The Morgan fingerprint density at radius 1 is 1.10 bits per heavy atom. The van der Waals surface area contributed by atoms with E-state index in [1.807, 2.05) is 16.8 Å². The predicted octanol–water partition coefficient (Wildman–Crippen LogP) is 1.26. The van der Waals surface area contributed by atoms with Crippen molar-refractivity contribution < 1.29 is 14.0 Å². The number of ether oxygens (including phenoxy) is 1. The van der Waals surface area contributed by atoms with Gasteiger partial charge in [-0.1, -0.05) is 42.0 Å². The van der Waals surface area contributed by atoms with Gasteiger partial charge in [-0.3, -0.25) is 0 Å². The first-order valence-corrected chi connectivity index (χ1v) is 10.3. The van der Waals surface area contributed by atoms with Crippen LogP contribution in [0.5, 0.6) is 0 Å². The molecule has 2 aromatic carbocycles. The molecule has 0 saturated carbocycles. The zero-order valence-corrected chi connectivity index (χ0v) is 17.5. The molecular formula is C22H28FN6O+. The second kappa shape index (κ2) is 9.32. The van der Waals surface area contributed by atoms with Crippen LogP contribution in [0.25, 0.3) is 0 Å². The number of tetrazole rings is 1. The highest BCUT2D eigenvalue weighted by atomic mass is 19.1. The highest BCUT2D eigenvalue weighted by molar-refractivity contribution is 5.47. The van der Waals surface area contributed by atoms with E-state index in [0.717, 1.165) is 32.0 Å². The minimum Gasteiger partial charge on any atom is -0.383 e. The fraction of sp³-hybridized carbons (Fsp3) is 0.409. The van der Waals surface area contributed by atoms with Gasteiger partial charge in [-0.2, -0.15) is 0 Å². The Labute approximate surface area is 176 Å². The number of methoxy groups -OCH3 is 1. The third-order valence-electron chi connectivity index (χ3n) is 5.74. The van der Waals surface area contributed by atoms with Gasteiger partial charge in [-0.15, -0.1) is 5.10 Å². The molecule has 0 aliphatic carbocycles. The van der Waals surface area contributed by atoms with E-state index in [-0.39, 0.29) is 11.9 Å². The first-order chi connectivity index (χ1) is 14.7. The molecule has 0 spiro atoms. The molecule has 1 aromatic heterocycles. The summed E-state index contributed by atoms with van der Waals surface area (Å²) in [4.78, 5) is 3.50. The molecule has 30 heavy (non-hydrogen) atoms. The summed E-state index contributed by atoms with van der Waals surface area (Å²) in [5.74, 6) is 0.671. The lowest BCUT2D eigenvalue weighted by molar-refractivity contribution is -0.927. The molecule has 0 bridgehead atoms. The largest absolute Gasteiger partial charge is 0.383 e. The second-order valence-corrected chi connectivity index (χ2v) is 7.69. The van der Waals surface area contributed by atoms with Crippen LogP contribution in [0.2, 0.25) is 0 Å². The Kier molecular flexibility index (Phi) is 6.35. The zero-order valence-electron chi connectivity index (χ0n) is 17.5. The van der Waals surface area contributed by atoms with Gasteiger partial charge >= 0.3 is 0 Å². The molecule has 1 fully saturated rings. The minimum atomic E-state index is -0.167. The number of hydrogen-bond acceptors (Lipinski definition) is 5. The Balaban J connectivity index is 1.59. The monoisotopic (exact) mass is 411 g/mol. The van der Waals surface area contributed by atoms with Crippen LogP contribution in [0, 0.1) is 12.7 Å². The molecule has 1 saturated heterocycles. The molecule has 1 N–H and O–H groups in total. The molecular weight excluding hydrogens is 383 g/mol. The molecule has 0 amide bonds. The van der Waals surface area contributed by atoms with Crippen molar-refractivity contribution in [3.05, 3.63) is 71.3 Å². The van der Waals surface area contributed by atoms with Gasteiger partial charge in [0.15, 0.2) is 6.04 Å². The summed E-state index contributed by atoms with van der Waals surface area (Å²) >= 11 is 0. The van der Waals surface area contributed by atoms with Crippen molar-refractivity contribution >= 4 is 5.69 Å². The summed E-state index contributed by atoms with van der Waals surface area (Å²) in [7, 11) is 1.68. The smallest absolute Gasteiger partial charge is 0.214 e. The van der Waals surface area contributed by atoms with Crippen LogP contribution in [0.3, 0.4) is 0 Å². The Hall–Kier alpha value is -2.84. The SMILES string of the molecule is COCCn1nnnc1[C@H](c1ccc(C)cc1)[NH+]1CCN(c2ccccc2F)CC1. The normalized spacial score (nSPS) is 16.0. The summed E-state index contributed by atoms with van der Waals surface area (Å²) < 4.78 is 21.3. The lowest BCUT2D eigenvalue weighted by Crippen LogP contribution is -3.15. The van der Waals surface area contributed by atoms with E-state index < -0.39 is 0 Å². The summed E-state index contributed by atoms with van der Waals surface area (Å²) in [6, 6.07) is 15.6. The molecule has 158 valence electrons. The van der Waals surface area contributed by atoms with Crippen LogP contribution in [-0.2, 0) is 11.3 Å². The van der Waals surface area contributed by atoms with Crippen molar-refractivity contribution in [3.8, 4) is 0 Å². The van der Waals surface area contributed by atoms with Crippen LogP contribution < -0.4 is 9.80 Å². The number of nitrogens with one attached hydrogen (secondary N) is 1. The molecule has 0 radical (unpaired) electrons. The van der Waals surface area contributed by atoms with Gasteiger partial charge in [0.2, 0.25) is 5.82 Å². The van der Waals surface area contributed by atoms with E-state index in [9.17, 15) is 4.39 Å². The van der Waals surface area contributed by atoms with Crippen LogP contribution in [0.15, 0.2) is 48.5 Å². The van der Waals surface area contributed by atoms with Crippen molar-refractivity contribution in [1.29, 1.82) is 0 Å². The molecule has 4 rings (SSSR count). The highest BCUT2D eigenvalue weighted by Gasteiger charge is 2.34. The van der Waals surface area contributed by atoms with Gasteiger partial charge in [0, 0.05) is 12.7 Å². The number of piperazine rings is 1. The number of aryl methyl sites for hydroxylation is 1. The highest BCUT2D eigenvalue weighted by Crippen LogP contribution is 2.21. The number of benzene rings is 2. The average molecular weight is 412 g/mol. The number of nitrogens with zero attached hydrogens (tertiary/aromatic N) is 5. The van der Waals surface area contributed by atoms with Crippen molar-refractivity contribution in [1.82, 2.24) is 20.2 Å². The number of halogens is 1. The summed E-state index contributed by atoms with van der Waals surface area (Å²) in [5, 5.41) is 12.5. The van der Waals surface area contributed by atoms with Gasteiger partial charge in [0.05, 0.1) is 45.0 Å². The van der Waals surface area contributed by atoms with Crippen LogP contribution >= 0.6 is 0 Å². The number of rotatable bonds is 7. The van der Waals surface area contributed by atoms with Crippen LogP contribution in [0.1, 0.15) is 23.0 Å². The molecule has 1 atom stereocenters. The van der Waals surface area contributed by atoms with Gasteiger partial charge in [0.25, 0.3) is 0 Å². The van der Waals surface area contributed by atoms with E-state index in [2.05, 4.69) is 51.6 Å². The molecule has 7 nitrogen and oxygen atoms in total. The number of quaternary nitrogens is 1. The van der Waals surface area contributed by atoms with Crippen molar-refractivity contribution in [3.63, 3.8) is 0 Å². The van der Waals surface area contributed by atoms with Crippen molar-refractivity contribution in [2.24, 2.45) is 0 Å². The van der Waals surface area contributed by atoms with E-state index in [0.29, 0.717) is 18.8 Å². The molecule has 8 heteroatoms. The van der Waals surface area contributed by atoms with Gasteiger partial charge in [0.1, 0.15) is 5.82 Å². The van der Waals surface area contributed by atoms with Gasteiger partial charge in [-0.05, 0) is 29.5 Å². The number of hydrogen-bond donors (Lipinski definition) is 1. The Morgan fingerprint density at radius 3 is 2.53 bits per heavy atom. The maximum atomic E-state index is 14.2. The molecule has 1 aliphatic heterocycles. The minimum absolute atomic E-state index is 0.0141. The standard InChI is InChI=1S/C22H27FN6O/c1-17-7-9-18(10-8-17)21(22-24-25-26-29(22)15-16-30-2)28-13-11-27(12-14-28)20-6-4-3-5-19(20)23/h3-10,21H,11-16H2,1-2H3/p+1/t21-/m0/s1. The van der Waals surface area contributed by atoms with Crippen molar-refractivity contribution in [2.75, 3.05) is 44.8 Å². The predicted molar refractivity (Wildman–Crippen MR) is 112 cm³/mol. The van der Waals surface area contributed by atoms with E-state index in [4.69, 9.17) is 4.74 Å². The number of para-hydroxylation sites is 1. The van der Waals surface area contributed by atoms with Crippen LogP contribution in [0.4, 0.5) is 10.1 Å². The fourth-order valence-corrected chi connectivity index (χ4v) is 4.11. The lowest BCUT2D eigenvalue weighted by atomic mass is 10.0. The first-order valence-electron chi connectivity index (χ1n) is 10.3. The summed E-state index contributed by atoms with van der Waals surface area (Å²) in [5.41, 5.74) is 3.08. The molecule has 2 heterocycles. The van der Waals surface area contributed by atoms with Crippen LogP contribution in [-0.4, -0.2) is 60.1 Å². The van der Waals surface area contributed by atoms with Gasteiger partial charge < -0.3 is 14.5 Å². The molecule has 0 unspecified atom stereocenters. The Morgan fingerprint density at radius 2 is 1.83 bits per heavy atom. The van der Waals surface area contributed by atoms with Crippen molar-refractivity contribution in [2.45, 2.75) is 19.5 Å². The molecule has 1 aliphatic rings. The second-order valence-electron chi connectivity index (χ2n) is 7.69. The lowest BCUT2D eigenvalue weighted by Gasteiger charge is -2.37. The molecule has 3 aromatic rings. The van der Waals surface area contributed by atoms with Gasteiger partial charge in [-0.25, -0.2) is 9.07 Å².